The van der Waals surface area contributed by atoms with E-state index in [0.717, 1.165) is 23.9 Å². The van der Waals surface area contributed by atoms with Crippen LogP contribution in [0.2, 0.25) is 0 Å². The fraction of sp³-hybridized carbons (Fsp3) is 0.381. The van der Waals surface area contributed by atoms with Crippen molar-refractivity contribution in [2.45, 2.75) is 21.8 Å². The number of anilines is 1. The summed E-state index contributed by atoms with van der Waals surface area (Å²) in [5.74, 6) is -0.690. The molecule has 2 aromatic rings. The molecule has 1 N–H and O–H groups in total. The van der Waals surface area contributed by atoms with E-state index in [2.05, 4.69) is 4.18 Å². The number of aliphatic hydroxyl groups excluding tert-OH is 1. The Labute approximate surface area is 199 Å². The number of ether oxygens (including phenoxy) is 1. The highest BCUT2D eigenvalue weighted by Gasteiger charge is 2.48. The number of nitrogens with zero attached hydrogens (tertiary/aromatic N) is 2. The lowest BCUT2D eigenvalue weighted by molar-refractivity contribution is -0.126. The molecule has 1 aliphatic heterocycles. The third kappa shape index (κ3) is 5.59. The van der Waals surface area contributed by atoms with E-state index >= 15 is 0 Å². The van der Waals surface area contributed by atoms with Crippen molar-refractivity contribution in [1.82, 2.24) is 4.90 Å². The smallest absolute Gasteiger partial charge is 0.497 e. The molecule has 0 aliphatic carbocycles. The van der Waals surface area contributed by atoms with E-state index in [1.807, 2.05) is 0 Å². The Morgan fingerprint density at radius 3 is 2.29 bits per heavy atom. The number of benzene rings is 2. The van der Waals surface area contributed by atoms with Gasteiger partial charge in [0.15, 0.2) is 0 Å². The maximum atomic E-state index is 13.3. The number of hydrogen-bond acceptors (Lipinski definition) is 8. The van der Waals surface area contributed by atoms with E-state index in [4.69, 9.17) is 4.74 Å². The zero-order chi connectivity index (χ0) is 25.3. The lowest BCUT2D eigenvalue weighted by Gasteiger charge is -2.26. The Morgan fingerprint density at radius 1 is 1.12 bits per heavy atom. The van der Waals surface area contributed by atoms with E-state index in [0.29, 0.717) is 22.8 Å². The second-order valence-corrected chi connectivity index (χ2v) is 10.4. The lowest BCUT2D eigenvalue weighted by Crippen LogP contribution is -2.43. The van der Waals surface area contributed by atoms with Crippen LogP contribution >= 0.6 is 11.8 Å². The number of alkyl halides is 3. The molecule has 0 bridgehead atoms. The molecule has 0 radical (unpaired) electrons. The molecule has 0 saturated carbocycles. The van der Waals surface area contributed by atoms with E-state index in [-0.39, 0.29) is 12.2 Å². The topological polar surface area (TPSA) is 96.4 Å². The molecular weight excluding hydrogens is 497 g/mol. The minimum atomic E-state index is -5.89. The fourth-order valence-corrected chi connectivity index (χ4v) is 4.92. The third-order valence-corrected chi connectivity index (χ3v) is 7.35. The summed E-state index contributed by atoms with van der Waals surface area (Å²) in [6.07, 6.45) is -1.48. The van der Waals surface area contributed by atoms with Crippen molar-refractivity contribution in [2.24, 2.45) is 0 Å². The number of fused-ring (bicyclic) bond motifs is 1. The van der Waals surface area contributed by atoms with Gasteiger partial charge in [-0.25, -0.2) is 0 Å². The summed E-state index contributed by atoms with van der Waals surface area (Å²) in [6, 6.07) is 10.3. The van der Waals surface area contributed by atoms with Crippen molar-refractivity contribution in [1.29, 1.82) is 0 Å². The molecule has 0 fully saturated rings. The summed E-state index contributed by atoms with van der Waals surface area (Å²) < 4.78 is 70.7. The van der Waals surface area contributed by atoms with E-state index in [1.54, 1.807) is 43.3 Å². The van der Waals surface area contributed by atoms with Gasteiger partial charge in [0.2, 0.25) is 0 Å². The van der Waals surface area contributed by atoms with Crippen molar-refractivity contribution >= 4 is 33.5 Å². The monoisotopic (exact) mass is 520 g/mol. The highest BCUT2D eigenvalue weighted by atomic mass is 32.2. The summed E-state index contributed by atoms with van der Waals surface area (Å²) in [4.78, 5) is 16.7. The van der Waals surface area contributed by atoms with Crippen LogP contribution in [0.5, 0.6) is 11.5 Å². The van der Waals surface area contributed by atoms with Gasteiger partial charge in [-0.3, -0.25) is 4.79 Å². The standard InChI is InChI=1S/C21H23F3N2O6S2/c1-25(2)10-11-26-16-12-15(32-34(29,30)21(22,23)24)8-9-17(16)33-19(18(27)20(26)28)13-4-6-14(31-3)7-5-13/h4-9,12,18-19,27H,10-11H2,1-3H3/t18-,19+/m1/s1. The van der Waals surface area contributed by atoms with Gasteiger partial charge < -0.3 is 23.8 Å². The Morgan fingerprint density at radius 2 is 1.74 bits per heavy atom. The van der Waals surface area contributed by atoms with Crippen molar-refractivity contribution in [3.05, 3.63) is 48.0 Å². The predicted molar refractivity (Wildman–Crippen MR) is 121 cm³/mol. The van der Waals surface area contributed by atoms with Crippen LogP contribution in [0.1, 0.15) is 10.8 Å². The Balaban J connectivity index is 2.05. The molecule has 0 aromatic heterocycles. The molecule has 34 heavy (non-hydrogen) atoms. The van der Waals surface area contributed by atoms with Gasteiger partial charge in [0.25, 0.3) is 5.91 Å². The molecule has 0 unspecified atom stereocenters. The molecular formula is C21H23F3N2O6S2. The molecule has 186 valence electrons. The minimum absolute atomic E-state index is 0.0985. The molecule has 13 heteroatoms. The zero-order valence-electron chi connectivity index (χ0n) is 18.4. The first kappa shape index (κ1) is 26.1. The summed E-state index contributed by atoms with van der Waals surface area (Å²) >= 11 is 1.13. The minimum Gasteiger partial charge on any atom is -0.497 e. The second-order valence-electron chi connectivity index (χ2n) is 7.66. The van der Waals surface area contributed by atoms with Crippen LogP contribution in [0, 0.1) is 0 Å². The maximum Gasteiger partial charge on any atom is 0.534 e. The fourth-order valence-electron chi connectivity index (χ4n) is 3.22. The number of carbonyl (C=O) groups excluding carboxylic acids is 1. The van der Waals surface area contributed by atoms with Gasteiger partial charge in [0.1, 0.15) is 17.6 Å². The lowest BCUT2D eigenvalue weighted by atomic mass is 10.1. The maximum absolute atomic E-state index is 13.3. The number of carbonyl (C=O) groups is 1. The Bertz CT molecular complexity index is 1140. The number of likely N-dealkylation sites (N-methyl/N-ethyl adjacent to an activating group) is 1. The quantitative estimate of drug-likeness (QED) is 0.440. The van der Waals surface area contributed by atoms with Crippen molar-refractivity contribution in [3.8, 4) is 11.5 Å². The van der Waals surface area contributed by atoms with Gasteiger partial charge in [-0.1, -0.05) is 12.1 Å². The second kappa shape index (κ2) is 10.0. The molecule has 1 amide bonds. The van der Waals surface area contributed by atoms with E-state index in [1.165, 1.54) is 18.1 Å². The number of thioether (sulfide) groups is 1. The van der Waals surface area contributed by atoms with Crippen molar-refractivity contribution < 1.29 is 40.4 Å². The van der Waals surface area contributed by atoms with Gasteiger partial charge >= 0.3 is 15.6 Å². The molecule has 1 aliphatic rings. The summed E-state index contributed by atoms with van der Waals surface area (Å²) in [5, 5.41) is 10.2. The Hall–Kier alpha value is -2.48. The number of amides is 1. The largest absolute Gasteiger partial charge is 0.534 e. The van der Waals surface area contributed by atoms with Crippen LogP contribution in [0.15, 0.2) is 47.4 Å². The van der Waals surface area contributed by atoms with Crippen LogP contribution < -0.4 is 13.8 Å². The zero-order valence-corrected chi connectivity index (χ0v) is 20.1. The van der Waals surface area contributed by atoms with Crippen molar-refractivity contribution in [2.75, 3.05) is 39.2 Å². The first-order valence-corrected chi connectivity index (χ1v) is 12.2. The third-order valence-electron chi connectivity index (χ3n) is 4.99. The average molecular weight is 521 g/mol. The molecule has 2 aromatic carbocycles. The van der Waals surface area contributed by atoms with E-state index in [9.17, 15) is 31.5 Å². The molecule has 1 heterocycles. The molecule has 0 spiro atoms. The van der Waals surface area contributed by atoms with Gasteiger partial charge in [0.05, 0.1) is 18.0 Å². The molecule has 2 atom stereocenters. The number of aliphatic hydroxyl groups is 1. The van der Waals surface area contributed by atoms with Crippen LogP contribution in [0.4, 0.5) is 18.9 Å². The number of rotatable bonds is 7. The highest BCUT2D eigenvalue weighted by molar-refractivity contribution is 7.99. The van der Waals surface area contributed by atoms with Crippen LogP contribution in [-0.2, 0) is 14.9 Å². The first-order valence-electron chi connectivity index (χ1n) is 9.93. The predicted octanol–water partition coefficient (Wildman–Crippen LogP) is 3.03. The van der Waals surface area contributed by atoms with Crippen molar-refractivity contribution in [3.63, 3.8) is 0 Å². The normalized spacial score (nSPS) is 19.1. The van der Waals surface area contributed by atoms with Gasteiger partial charge in [-0.05, 0) is 43.9 Å². The summed E-state index contributed by atoms with van der Waals surface area (Å²) in [7, 11) is -0.853. The summed E-state index contributed by atoms with van der Waals surface area (Å²) in [5.41, 5.74) is -4.83. The van der Waals surface area contributed by atoms with E-state index < -0.39 is 38.6 Å². The van der Waals surface area contributed by atoms with Crippen LogP contribution in [0.3, 0.4) is 0 Å². The molecule has 3 rings (SSSR count). The summed E-state index contributed by atoms with van der Waals surface area (Å²) in [6.45, 7) is 0.475. The Kier molecular flexibility index (Phi) is 7.70. The van der Waals surface area contributed by atoms with Gasteiger partial charge in [0, 0.05) is 24.1 Å². The van der Waals surface area contributed by atoms with Crippen LogP contribution in [-0.4, -0.2) is 70.2 Å². The van der Waals surface area contributed by atoms with Gasteiger partial charge in [-0.2, -0.15) is 21.6 Å². The first-order chi connectivity index (χ1) is 15.8. The number of halogens is 3. The van der Waals surface area contributed by atoms with Gasteiger partial charge in [-0.15, -0.1) is 11.8 Å². The van der Waals surface area contributed by atoms with Crippen LogP contribution in [0.25, 0.3) is 0 Å². The number of methoxy groups -OCH3 is 1. The highest BCUT2D eigenvalue weighted by Crippen LogP contribution is 2.47. The number of hydrogen-bond donors (Lipinski definition) is 1. The molecule has 0 saturated heterocycles. The molecule has 8 nitrogen and oxygen atoms in total. The SMILES string of the molecule is COc1ccc([C@@H]2Sc3ccc(OS(=O)(=O)C(F)(F)F)cc3N(CCN(C)C)C(=O)[C@@H]2O)cc1. The average Bonchev–Trinajstić information content (AvgIpc) is 2.86.